The predicted molar refractivity (Wildman–Crippen MR) is 104 cm³/mol. The number of methoxy groups -OCH3 is 4. The van der Waals surface area contributed by atoms with Crippen LogP contribution in [0, 0.1) is 0 Å². The number of fused-ring (bicyclic) bond motifs is 3. The molecule has 0 N–H and O–H groups in total. The summed E-state index contributed by atoms with van der Waals surface area (Å²) in [5.41, 5.74) is 2.52. The van der Waals surface area contributed by atoms with Crippen LogP contribution < -0.4 is 27.7 Å². The molecule has 0 aromatic heterocycles. The van der Waals surface area contributed by atoms with Crippen molar-refractivity contribution in [1.82, 2.24) is 0 Å². The molecular formula is C20H26GeO4. The standard InChI is InChI=1S/C20H26GeO4/c1-7-21(8-2)15-11-19(24-5)17(22-3)9-13(15)14-10-18(23-4)20(25-6)12-16(14)21/h9-12H,7-8H2,1-6H3. The summed E-state index contributed by atoms with van der Waals surface area (Å²) in [7, 11) is 6.77. The van der Waals surface area contributed by atoms with Gasteiger partial charge in [-0.1, -0.05) is 0 Å². The van der Waals surface area contributed by atoms with Crippen LogP contribution in [0.25, 0.3) is 11.1 Å². The number of rotatable bonds is 6. The van der Waals surface area contributed by atoms with Gasteiger partial charge in [-0.25, -0.2) is 0 Å². The Hall–Kier alpha value is -1.82. The first-order chi connectivity index (χ1) is 12.1. The molecule has 134 valence electrons. The zero-order chi connectivity index (χ0) is 18.2. The summed E-state index contributed by atoms with van der Waals surface area (Å²) >= 11 is -2.49. The predicted octanol–water partition coefficient (Wildman–Crippen LogP) is 3.30. The van der Waals surface area contributed by atoms with E-state index in [1.807, 2.05) is 0 Å². The van der Waals surface area contributed by atoms with Crippen LogP contribution in [0.2, 0.25) is 10.5 Å². The number of hydrogen-bond acceptors (Lipinski definition) is 4. The maximum atomic E-state index is 5.59. The fraction of sp³-hybridized carbons (Fsp3) is 0.400. The van der Waals surface area contributed by atoms with Gasteiger partial charge in [0.2, 0.25) is 0 Å². The van der Waals surface area contributed by atoms with Crippen LogP contribution in [0.1, 0.15) is 13.8 Å². The first-order valence-electron chi connectivity index (χ1n) is 8.63. The Balaban J connectivity index is 2.37. The van der Waals surface area contributed by atoms with E-state index >= 15 is 0 Å². The first kappa shape index (κ1) is 18.0. The summed E-state index contributed by atoms with van der Waals surface area (Å²) in [6.07, 6.45) is 0. The Morgan fingerprint density at radius 1 is 0.600 bits per heavy atom. The minimum absolute atomic E-state index is 0.771. The molecule has 2 aromatic rings. The van der Waals surface area contributed by atoms with Crippen molar-refractivity contribution in [3.05, 3.63) is 24.3 Å². The van der Waals surface area contributed by atoms with Gasteiger partial charge in [-0.05, 0) is 0 Å². The molecule has 0 amide bonds. The van der Waals surface area contributed by atoms with E-state index in [0.29, 0.717) is 0 Å². The molecule has 1 aliphatic heterocycles. The minimum atomic E-state index is -2.49. The molecule has 2 aromatic carbocycles. The summed E-state index contributed by atoms with van der Waals surface area (Å²) in [5, 5.41) is 2.36. The van der Waals surface area contributed by atoms with Gasteiger partial charge in [0.05, 0.1) is 0 Å². The second kappa shape index (κ2) is 6.83. The van der Waals surface area contributed by atoms with Crippen molar-refractivity contribution in [3.63, 3.8) is 0 Å². The Morgan fingerprint density at radius 2 is 0.920 bits per heavy atom. The zero-order valence-corrected chi connectivity index (χ0v) is 18.0. The molecule has 0 saturated heterocycles. The SMILES string of the molecule is C[CH2][Ge]1([CH2]C)[c]2cc(OC)c(OC)cc2-c2cc(OC)c(OC)c[c]21. The van der Waals surface area contributed by atoms with Crippen LogP contribution in [0.5, 0.6) is 23.0 Å². The molecule has 0 saturated carbocycles. The van der Waals surface area contributed by atoms with Gasteiger partial charge < -0.3 is 0 Å². The molecule has 1 aliphatic rings. The van der Waals surface area contributed by atoms with Crippen LogP contribution in [0.15, 0.2) is 24.3 Å². The molecule has 1 heterocycles. The molecule has 3 rings (SSSR count). The van der Waals surface area contributed by atoms with E-state index in [4.69, 9.17) is 18.9 Å². The third-order valence-corrected chi connectivity index (χ3v) is 16.7. The van der Waals surface area contributed by atoms with Crippen molar-refractivity contribution in [1.29, 1.82) is 0 Å². The monoisotopic (exact) mass is 404 g/mol. The van der Waals surface area contributed by atoms with Crippen LogP contribution in [-0.4, -0.2) is 41.7 Å². The average Bonchev–Trinajstić information content (AvgIpc) is 2.93. The number of benzene rings is 2. The molecule has 0 fully saturated rings. The average molecular weight is 403 g/mol. The van der Waals surface area contributed by atoms with Gasteiger partial charge in [-0.3, -0.25) is 0 Å². The molecule has 0 atom stereocenters. The number of hydrogen-bond donors (Lipinski definition) is 0. The van der Waals surface area contributed by atoms with Gasteiger partial charge in [-0.2, -0.15) is 0 Å². The Kier molecular flexibility index (Phi) is 4.91. The summed E-state index contributed by atoms with van der Waals surface area (Å²) in [6, 6.07) is 8.66. The molecule has 0 bridgehead atoms. The van der Waals surface area contributed by atoms with Gasteiger partial charge in [0, 0.05) is 0 Å². The molecule has 4 nitrogen and oxygen atoms in total. The van der Waals surface area contributed by atoms with E-state index < -0.39 is 13.3 Å². The van der Waals surface area contributed by atoms with Crippen molar-refractivity contribution < 1.29 is 18.9 Å². The molecule has 5 heteroatoms. The molecular weight excluding hydrogens is 377 g/mol. The van der Waals surface area contributed by atoms with Gasteiger partial charge in [0.25, 0.3) is 0 Å². The summed E-state index contributed by atoms with van der Waals surface area (Å²) in [4.78, 5) is 0. The van der Waals surface area contributed by atoms with E-state index in [1.54, 1.807) is 28.4 Å². The topological polar surface area (TPSA) is 36.9 Å². The Morgan fingerprint density at radius 3 is 1.20 bits per heavy atom. The van der Waals surface area contributed by atoms with Gasteiger partial charge in [-0.15, -0.1) is 0 Å². The molecule has 0 spiro atoms. The van der Waals surface area contributed by atoms with E-state index in [1.165, 1.54) is 30.4 Å². The van der Waals surface area contributed by atoms with E-state index in [-0.39, 0.29) is 0 Å². The van der Waals surface area contributed by atoms with Crippen LogP contribution in [-0.2, 0) is 0 Å². The van der Waals surface area contributed by atoms with Crippen molar-refractivity contribution in [2.24, 2.45) is 0 Å². The molecule has 0 aliphatic carbocycles. The summed E-state index contributed by atoms with van der Waals surface area (Å²) in [6.45, 7) is 4.63. The maximum absolute atomic E-state index is 5.59. The normalized spacial score (nSPS) is 13.8. The Bertz CT molecular complexity index is 733. The Labute approximate surface area is 152 Å². The quantitative estimate of drug-likeness (QED) is 0.694. The van der Waals surface area contributed by atoms with Crippen LogP contribution in [0.3, 0.4) is 0 Å². The van der Waals surface area contributed by atoms with E-state index in [0.717, 1.165) is 23.0 Å². The van der Waals surface area contributed by atoms with Crippen molar-refractivity contribution in [2.75, 3.05) is 28.4 Å². The third kappa shape index (κ3) is 2.49. The van der Waals surface area contributed by atoms with E-state index in [2.05, 4.69) is 38.1 Å². The summed E-state index contributed by atoms with van der Waals surface area (Å²) in [5.74, 6) is 3.16. The fourth-order valence-corrected chi connectivity index (χ4v) is 13.7. The van der Waals surface area contributed by atoms with Crippen molar-refractivity contribution in [3.8, 4) is 34.1 Å². The van der Waals surface area contributed by atoms with Gasteiger partial charge >= 0.3 is 152 Å². The van der Waals surface area contributed by atoms with Gasteiger partial charge in [0.1, 0.15) is 0 Å². The zero-order valence-electron chi connectivity index (χ0n) is 15.9. The van der Waals surface area contributed by atoms with E-state index in [9.17, 15) is 0 Å². The fourth-order valence-electron chi connectivity index (χ4n) is 4.15. The van der Waals surface area contributed by atoms with Crippen LogP contribution in [0.4, 0.5) is 0 Å². The first-order valence-corrected chi connectivity index (χ1v) is 13.7. The summed E-state index contributed by atoms with van der Waals surface area (Å²) < 4.78 is 25.2. The van der Waals surface area contributed by atoms with Crippen molar-refractivity contribution in [2.45, 2.75) is 24.4 Å². The van der Waals surface area contributed by atoms with Crippen LogP contribution >= 0.6 is 0 Å². The second-order valence-electron chi connectivity index (χ2n) is 6.29. The molecule has 0 radical (unpaired) electrons. The molecule has 25 heavy (non-hydrogen) atoms. The molecule has 0 unspecified atom stereocenters. The second-order valence-corrected chi connectivity index (χ2v) is 16.1. The van der Waals surface area contributed by atoms with Crippen molar-refractivity contribution >= 4 is 22.1 Å². The van der Waals surface area contributed by atoms with Gasteiger partial charge in [0.15, 0.2) is 0 Å². The number of ether oxygens (including phenoxy) is 4. The third-order valence-electron chi connectivity index (χ3n) is 5.58.